The minimum atomic E-state index is 0.498. The molecule has 0 aromatic rings. The topological polar surface area (TPSA) is 12.5 Å². The average Bonchev–Trinajstić information content (AvgIpc) is 2.42. The maximum Gasteiger partial charge on any atom is 0.0491 e. The van der Waals surface area contributed by atoms with Gasteiger partial charge in [0.1, 0.15) is 0 Å². The van der Waals surface area contributed by atoms with E-state index < -0.39 is 0 Å². The lowest BCUT2D eigenvalue weighted by molar-refractivity contribution is 0.0734. The van der Waals surface area contributed by atoms with Crippen molar-refractivity contribution in [1.29, 1.82) is 0 Å². The van der Waals surface area contributed by atoms with Crippen molar-refractivity contribution in [3.8, 4) is 0 Å². The van der Waals surface area contributed by atoms with Gasteiger partial charge in [0, 0.05) is 25.6 Å². The Morgan fingerprint density at radius 3 is 2.16 bits per heavy atom. The first-order chi connectivity index (χ1) is 9.19. The van der Waals surface area contributed by atoms with Gasteiger partial charge in [0.05, 0.1) is 0 Å². The van der Waals surface area contributed by atoms with Crippen molar-refractivity contribution < 1.29 is 4.74 Å². The molecule has 1 rings (SSSR count). The summed E-state index contributed by atoms with van der Waals surface area (Å²) in [5.41, 5.74) is 0.498. The van der Waals surface area contributed by atoms with E-state index in [9.17, 15) is 0 Å². The van der Waals surface area contributed by atoms with Gasteiger partial charge in [-0.15, -0.1) is 0 Å². The normalized spacial score (nSPS) is 18.9. The Hall–Kier alpha value is 0.400. The van der Waals surface area contributed by atoms with Crippen LogP contribution in [0.15, 0.2) is 0 Å². The SMILES string of the molecule is CCCC(CBr)(CCC)CN1CCC(COC)CC1. The summed E-state index contributed by atoms with van der Waals surface area (Å²) in [5, 5.41) is 1.15. The summed E-state index contributed by atoms with van der Waals surface area (Å²) in [4.78, 5) is 2.69. The van der Waals surface area contributed by atoms with Crippen LogP contribution in [0.1, 0.15) is 52.4 Å². The van der Waals surface area contributed by atoms with E-state index in [4.69, 9.17) is 4.74 Å². The number of piperidine rings is 1. The van der Waals surface area contributed by atoms with Gasteiger partial charge in [-0.3, -0.25) is 0 Å². The van der Waals surface area contributed by atoms with Crippen LogP contribution >= 0.6 is 15.9 Å². The summed E-state index contributed by atoms with van der Waals surface area (Å²) < 4.78 is 5.29. The highest BCUT2D eigenvalue weighted by molar-refractivity contribution is 9.09. The van der Waals surface area contributed by atoms with Gasteiger partial charge in [-0.2, -0.15) is 0 Å². The Labute approximate surface area is 128 Å². The molecule has 0 atom stereocenters. The van der Waals surface area contributed by atoms with Gasteiger partial charge in [0.2, 0.25) is 0 Å². The zero-order chi connectivity index (χ0) is 14.1. The van der Waals surface area contributed by atoms with Gasteiger partial charge >= 0.3 is 0 Å². The lowest BCUT2D eigenvalue weighted by Gasteiger charge is -2.40. The monoisotopic (exact) mass is 333 g/mol. The predicted molar refractivity (Wildman–Crippen MR) is 87.1 cm³/mol. The summed E-state index contributed by atoms with van der Waals surface area (Å²) in [6.45, 7) is 9.38. The smallest absolute Gasteiger partial charge is 0.0491 e. The summed E-state index contributed by atoms with van der Waals surface area (Å²) in [5.74, 6) is 0.789. The van der Waals surface area contributed by atoms with Crippen LogP contribution < -0.4 is 0 Å². The van der Waals surface area contributed by atoms with E-state index in [-0.39, 0.29) is 0 Å². The molecule has 0 aromatic carbocycles. The Kier molecular flexibility index (Phi) is 8.59. The quantitative estimate of drug-likeness (QED) is 0.582. The lowest BCUT2D eigenvalue weighted by atomic mass is 9.80. The van der Waals surface area contributed by atoms with Crippen molar-refractivity contribution in [2.24, 2.45) is 11.3 Å². The maximum atomic E-state index is 5.29. The number of nitrogens with zero attached hydrogens (tertiary/aromatic N) is 1. The molecule has 1 aliphatic rings. The molecule has 0 aromatic heterocycles. The number of alkyl halides is 1. The largest absolute Gasteiger partial charge is 0.384 e. The molecule has 0 N–H and O–H groups in total. The van der Waals surface area contributed by atoms with E-state index in [0.29, 0.717) is 5.41 Å². The molecule has 1 aliphatic heterocycles. The van der Waals surface area contributed by atoms with E-state index in [1.165, 1.54) is 58.2 Å². The van der Waals surface area contributed by atoms with Crippen LogP contribution in [0.3, 0.4) is 0 Å². The molecule has 3 heteroatoms. The molecule has 114 valence electrons. The second-order valence-corrected chi connectivity index (χ2v) is 6.87. The van der Waals surface area contributed by atoms with Crippen LogP contribution in [-0.2, 0) is 4.74 Å². The van der Waals surface area contributed by atoms with Crippen molar-refractivity contribution >= 4 is 15.9 Å². The third kappa shape index (κ3) is 5.73. The van der Waals surface area contributed by atoms with Crippen molar-refractivity contribution in [2.45, 2.75) is 52.4 Å². The molecule has 0 saturated carbocycles. The van der Waals surface area contributed by atoms with Crippen LogP contribution in [0.4, 0.5) is 0 Å². The van der Waals surface area contributed by atoms with Gasteiger partial charge < -0.3 is 9.64 Å². The van der Waals surface area contributed by atoms with Crippen LogP contribution in [0, 0.1) is 11.3 Å². The molecule has 19 heavy (non-hydrogen) atoms. The second kappa shape index (κ2) is 9.36. The molecule has 1 saturated heterocycles. The van der Waals surface area contributed by atoms with E-state index in [2.05, 4.69) is 34.7 Å². The second-order valence-electron chi connectivity index (χ2n) is 6.31. The van der Waals surface area contributed by atoms with Gasteiger partial charge in [-0.25, -0.2) is 0 Å². The van der Waals surface area contributed by atoms with Crippen LogP contribution in [0.25, 0.3) is 0 Å². The van der Waals surface area contributed by atoms with E-state index in [0.717, 1.165) is 17.9 Å². The average molecular weight is 334 g/mol. The minimum Gasteiger partial charge on any atom is -0.384 e. The molecule has 1 heterocycles. The highest BCUT2D eigenvalue weighted by atomic mass is 79.9. The van der Waals surface area contributed by atoms with Crippen molar-refractivity contribution in [2.75, 3.05) is 38.7 Å². The standard InChI is InChI=1S/C16H32BrNO/c1-4-8-16(13-17,9-5-2)14-18-10-6-15(7-11-18)12-19-3/h15H,4-14H2,1-3H3. The fraction of sp³-hybridized carbons (Fsp3) is 1.00. The first-order valence-corrected chi connectivity index (χ1v) is 9.09. The van der Waals surface area contributed by atoms with Crippen molar-refractivity contribution in [1.82, 2.24) is 4.90 Å². The third-order valence-electron chi connectivity index (χ3n) is 4.51. The lowest BCUT2D eigenvalue weighted by Crippen LogP contribution is -2.43. The molecule has 0 spiro atoms. The number of methoxy groups -OCH3 is 1. The van der Waals surface area contributed by atoms with Crippen molar-refractivity contribution in [3.05, 3.63) is 0 Å². The molecular formula is C16H32BrNO. The molecule has 2 nitrogen and oxygen atoms in total. The number of rotatable bonds is 9. The molecule has 0 bridgehead atoms. The Bertz CT molecular complexity index is 221. The molecule has 1 fully saturated rings. The fourth-order valence-corrected chi connectivity index (χ4v) is 4.28. The molecule has 0 amide bonds. The number of hydrogen-bond donors (Lipinski definition) is 0. The molecule has 0 aliphatic carbocycles. The first kappa shape index (κ1) is 17.5. The minimum absolute atomic E-state index is 0.498. The summed E-state index contributed by atoms with van der Waals surface area (Å²) >= 11 is 3.79. The van der Waals surface area contributed by atoms with Crippen LogP contribution in [-0.4, -0.2) is 43.6 Å². The predicted octanol–water partition coefficient (Wildman–Crippen LogP) is 4.33. The highest BCUT2D eigenvalue weighted by Crippen LogP contribution is 2.34. The molecular weight excluding hydrogens is 302 g/mol. The summed E-state index contributed by atoms with van der Waals surface area (Å²) in [6, 6.07) is 0. The molecule has 0 unspecified atom stereocenters. The van der Waals surface area contributed by atoms with E-state index in [1.54, 1.807) is 0 Å². The van der Waals surface area contributed by atoms with Gasteiger partial charge in [0.15, 0.2) is 0 Å². The van der Waals surface area contributed by atoms with E-state index in [1.807, 2.05) is 7.11 Å². The summed E-state index contributed by atoms with van der Waals surface area (Å²) in [6.07, 6.45) is 7.92. The zero-order valence-electron chi connectivity index (χ0n) is 13.1. The number of likely N-dealkylation sites (tertiary alicyclic amines) is 1. The zero-order valence-corrected chi connectivity index (χ0v) is 14.7. The van der Waals surface area contributed by atoms with Gasteiger partial charge in [0.25, 0.3) is 0 Å². The van der Waals surface area contributed by atoms with Crippen LogP contribution in [0.5, 0.6) is 0 Å². The Morgan fingerprint density at radius 2 is 1.74 bits per heavy atom. The molecule has 0 radical (unpaired) electrons. The maximum absolute atomic E-state index is 5.29. The van der Waals surface area contributed by atoms with Crippen molar-refractivity contribution in [3.63, 3.8) is 0 Å². The van der Waals surface area contributed by atoms with E-state index >= 15 is 0 Å². The Morgan fingerprint density at radius 1 is 1.16 bits per heavy atom. The van der Waals surface area contributed by atoms with Gasteiger partial charge in [-0.05, 0) is 50.1 Å². The first-order valence-electron chi connectivity index (χ1n) is 7.97. The summed E-state index contributed by atoms with van der Waals surface area (Å²) in [7, 11) is 1.82. The van der Waals surface area contributed by atoms with Crippen LogP contribution in [0.2, 0.25) is 0 Å². The number of halogens is 1. The fourth-order valence-electron chi connectivity index (χ4n) is 3.54. The number of hydrogen-bond acceptors (Lipinski definition) is 2. The Balaban J connectivity index is 2.46. The highest BCUT2D eigenvalue weighted by Gasteiger charge is 2.31. The number of ether oxygens (including phenoxy) is 1. The van der Waals surface area contributed by atoms with Gasteiger partial charge in [-0.1, -0.05) is 42.6 Å². The third-order valence-corrected chi connectivity index (χ3v) is 5.70.